The molecule has 0 saturated heterocycles. The molecule has 2 rings (SSSR count). The number of anilines is 1. The molecule has 0 unspecified atom stereocenters. The van der Waals surface area contributed by atoms with Crippen molar-refractivity contribution in [1.82, 2.24) is 0 Å². The number of nitrogens with zero attached hydrogens (tertiary/aromatic N) is 1. The van der Waals surface area contributed by atoms with Gasteiger partial charge in [0.15, 0.2) is 0 Å². The molecule has 0 radical (unpaired) electrons. The summed E-state index contributed by atoms with van der Waals surface area (Å²) in [4.78, 5) is 12.2. The minimum Gasteiger partial charge on any atom is -0.508 e. The van der Waals surface area contributed by atoms with Crippen LogP contribution in [0.5, 0.6) is 17.2 Å². The third-order valence-corrected chi connectivity index (χ3v) is 3.10. The molecule has 0 fully saturated rings. The van der Waals surface area contributed by atoms with Crippen molar-refractivity contribution in [3.63, 3.8) is 0 Å². The van der Waals surface area contributed by atoms with Crippen LogP contribution in [0, 0.1) is 11.3 Å². The van der Waals surface area contributed by atoms with Gasteiger partial charge in [-0.25, -0.2) is 0 Å². The van der Waals surface area contributed by atoms with Crippen molar-refractivity contribution in [1.29, 1.82) is 5.26 Å². The Morgan fingerprint density at radius 2 is 1.96 bits per heavy atom. The number of phenols is 2. The number of ether oxygens (including phenoxy) is 1. The molecule has 122 valence electrons. The van der Waals surface area contributed by atoms with E-state index >= 15 is 0 Å². The molecular formula is C18H16N2O4. The van der Waals surface area contributed by atoms with Crippen LogP contribution in [0.25, 0.3) is 6.08 Å². The summed E-state index contributed by atoms with van der Waals surface area (Å²) < 4.78 is 5.31. The lowest BCUT2D eigenvalue weighted by molar-refractivity contribution is -0.112. The van der Waals surface area contributed by atoms with Crippen molar-refractivity contribution in [2.45, 2.75) is 6.92 Å². The van der Waals surface area contributed by atoms with Crippen LogP contribution in [0.1, 0.15) is 12.5 Å². The Kier molecular flexibility index (Phi) is 5.42. The monoisotopic (exact) mass is 324 g/mol. The van der Waals surface area contributed by atoms with E-state index in [0.29, 0.717) is 18.0 Å². The third kappa shape index (κ3) is 4.27. The normalized spacial score (nSPS) is 10.8. The number of amides is 1. The fourth-order valence-corrected chi connectivity index (χ4v) is 1.96. The molecule has 0 spiro atoms. The van der Waals surface area contributed by atoms with Gasteiger partial charge in [-0.15, -0.1) is 0 Å². The maximum absolute atomic E-state index is 12.2. The Balaban J connectivity index is 2.16. The molecule has 2 aromatic rings. The Morgan fingerprint density at radius 3 is 2.54 bits per heavy atom. The van der Waals surface area contributed by atoms with E-state index in [9.17, 15) is 15.0 Å². The van der Waals surface area contributed by atoms with Gasteiger partial charge in [0.05, 0.1) is 6.61 Å². The molecule has 0 saturated carbocycles. The number of hydrogen-bond donors (Lipinski definition) is 3. The molecule has 24 heavy (non-hydrogen) atoms. The minimum absolute atomic E-state index is 0.109. The van der Waals surface area contributed by atoms with Gasteiger partial charge in [0, 0.05) is 17.3 Å². The quantitative estimate of drug-likeness (QED) is 0.579. The van der Waals surface area contributed by atoms with E-state index in [1.807, 2.05) is 6.92 Å². The number of carbonyl (C=O) groups is 1. The second kappa shape index (κ2) is 7.70. The molecule has 0 aliphatic carbocycles. The summed E-state index contributed by atoms with van der Waals surface area (Å²) in [5.41, 5.74) is 0.593. The molecule has 3 N–H and O–H groups in total. The Bertz CT molecular complexity index is 805. The van der Waals surface area contributed by atoms with Gasteiger partial charge in [-0.1, -0.05) is 0 Å². The molecule has 0 heterocycles. The van der Waals surface area contributed by atoms with Crippen LogP contribution in [-0.4, -0.2) is 22.7 Å². The SMILES string of the molecule is CCOc1ccc(NC(=O)/C(C#N)=C\c2ccc(O)cc2O)cc1. The number of hydrogen-bond acceptors (Lipinski definition) is 5. The lowest BCUT2D eigenvalue weighted by atomic mass is 10.1. The van der Waals surface area contributed by atoms with E-state index in [1.54, 1.807) is 30.3 Å². The Morgan fingerprint density at radius 1 is 1.25 bits per heavy atom. The largest absolute Gasteiger partial charge is 0.508 e. The van der Waals surface area contributed by atoms with Gasteiger partial charge in [-0.3, -0.25) is 4.79 Å². The van der Waals surface area contributed by atoms with Crippen LogP contribution in [0.4, 0.5) is 5.69 Å². The number of carbonyl (C=O) groups excluding carboxylic acids is 1. The Labute approximate surface area is 139 Å². The number of aromatic hydroxyl groups is 2. The molecule has 0 aliphatic heterocycles. The van der Waals surface area contributed by atoms with E-state index < -0.39 is 5.91 Å². The van der Waals surface area contributed by atoms with Gasteiger partial charge in [0.2, 0.25) is 0 Å². The zero-order valence-electron chi connectivity index (χ0n) is 13.0. The number of phenolic OH excluding ortho intramolecular Hbond substituents is 2. The fraction of sp³-hybridized carbons (Fsp3) is 0.111. The number of nitrogens with one attached hydrogen (secondary N) is 1. The van der Waals surface area contributed by atoms with Gasteiger partial charge in [0.1, 0.15) is 28.9 Å². The first-order valence-corrected chi connectivity index (χ1v) is 7.21. The van der Waals surface area contributed by atoms with Crippen LogP contribution >= 0.6 is 0 Å². The first-order chi connectivity index (χ1) is 11.5. The summed E-state index contributed by atoms with van der Waals surface area (Å²) in [6.07, 6.45) is 1.25. The average molecular weight is 324 g/mol. The smallest absolute Gasteiger partial charge is 0.266 e. The number of nitriles is 1. The summed E-state index contributed by atoms with van der Waals surface area (Å²) in [6.45, 7) is 2.42. The standard InChI is InChI=1S/C18H16N2O4/c1-2-24-16-7-4-14(5-8-16)20-18(23)13(11-19)9-12-3-6-15(21)10-17(12)22/h3-10,21-22H,2H2,1H3,(H,20,23)/b13-9-. The first-order valence-electron chi connectivity index (χ1n) is 7.21. The molecule has 0 aromatic heterocycles. The predicted octanol–water partition coefficient (Wildman–Crippen LogP) is 3.04. The van der Waals surface area contributed by atoms with Gasteiger partial charge in [-0.05, 0) is 49.4 Å². The maximum Gasteiger partial charge on any atom is 0.266 e. The summed E-state index contributed by atoms with van der Waals surface area (Å²) in [5, 5.41) is 30.7. The second-order valence-electron chi connectivity index (χ2n) is 4.82. The number of rotatable bonds is 5. The molecule has 6 heteroatoms. The molecular weight excluding hydrogens is 308 g/mol. The van der Waals surface area contributed by atoms with Crippen LogP contribution in [0.15, 0.2) is 48.0 Å². The van der Waals surface area contributed by atoms with Gasteiger partial charge in [0.25, 0.3) is 5.91 Å². The van der Waals surface area contributed by atoms with E-state index in [4.69, 9.17) is 10.00 Å². The molecule has 0 bridgehead atoms. The van der Waals surface area contributed by atoms with Crippen molar-refractivity contribution in [3.8, 4) is 23.3 Å². The summed E-state index contributed by atoms with van der Waals surface area (Å²) in [5.74, 6) is -0.256. The highest BCUT2D eigenvalue weighted by molar-refractivity contribution is 6.09. The fourth-order valence-electron chi connectivity index (χ4n) is 1.96. The van der Waals surface area contributed by atoms with Crippen LogP contribution in [0.3, 0.4) is 0 Å². The van der Waals surface area contributed by atoms with Crippen molar-refractivity contribution in [3.05, 3.63) is 53.6 Å². The van der Waals surface area contributed by atoms with Crippen molar-refractivity contribution in [2.75, 3.05) is 11.9 Å². The predicted molar refractivity (Wildman–Crippen MR) is 89.6 cm³/mol. The lowest BCUT2D eigenvalue weighted by Crippen LogP contribution is -2.13. The lowest BCUT2D eigenvalue weighted by Gasteiger charge is -2.07. The van der Waals surface area contributed by atoms with Crippen molar-refractivity contribution < 1.29 is 19.7 Å². The second-order valence-corrected chi connectivity index (χ2v) is 4.82. The van der Waals surface area contributed by atoms with Crippen molar-refractivity contribution in [2.24, 2.45) is 0 Å². The van der Waals surface area contributed by atoms with E-state index in [1.165, 1.54) is 18.2 Å². The van der Waals surface area contributed by atoms with E-state index in [0.717, 1.165) is 6.07 Å². The van der Waals surface area contributed by atoms with E-state index in [2.05, 4.69) is 5.32 Å². The molecule has 0 atom stereocenters. The van der Waals surface area contributed by atoms with Gasteiger partial charge in [-0.2, -0.15) is 5.26 Å². The Hall–Kier alpha value is -3.46. The minimum atomic E-state index is -0.603. The highest BCUT2D eigenvalue weighted by atomic mass is 16.5. The zero-order chi connectivity index (χ0) is 17.5. The summed E-state index contributed by atoms with van der Waals surface area (Å²) in [6, 6.07) is 12.4. The van der Waals surface area contributed by atoms with Gasteiger partial charge < -0.3 is 20.3 Å². The first kappa shape index (κ1) is 16.9. The van der Waals surface area contributed by atoms with Crippen molar-refractivity contribution >= 4 is 17.7 Å². The zero-order valence-corrected chi connectivity index (χ0v) is 13.0. The molecule has 2 aromatic carbocycles. The van der Waals surface area contributed by atoms with Crippen LogP contribution < -0.4 is 10.1 Å². The van der Waals surface area contributed by atoms with Gasteiger partial charge >= 0.3 is 0 Å². The highest BCUT2D eigenvalue weighted by Gasteiger charge is 2.11. The van der Waals surface area contributed by atoms with Crippen LogP contribution in [0.2, 0.25) is 0 Å². The van der Waals surface area contributed by atoms with Crippen LogP contribution in [-0.2, 0) is 4.79 Å². The third-order valence-electron chi connectivity index (χ3n) is 3.10. The summed E-state index contributed by atoms with van der Waals surface area (Å²) >= 11 is 0. The van der Waals surface area contributed by atoms with E-state index in [-0.39, 0.29) is 22.6 Å². The number of benzene rings is 2. The maximum atomic E-state index is 12.2. The average Bonchev–Trinajstić information content (AvgIpc) is 2.56. The topological polar surface area (TPSA) is 103 Å². The summed E-state index contributed by atoms with van der Waals surface area (Å²) in [7, 11) is 0. The molecule has 6 nitrogen and oxygen atoms in total. The molecule has 0 aliphatic rings. The highest BCUT2D eigenvalue weighted by Crippen LogP contribution is 2.25. The molecule has 1 amide bonds.